The maximum atomic E-state index is 13.6. The van der Waals surface area contributed by atoms with Crippen molar-refractivity contribution in [2.75, 3.05) is 22.8 Å². The molecule has 0 heterocycles. The molecule has 0 saturated heterocycles. The first-order valence-electron chi connectivity index (χ1n) is 11.9. The number of aryl methyl sites for hydroxylation is 1. The number of hydrogen-bond donors (Lipinski definition) is 2. The molecule has 0 bridgehead atoms. The van der Waals surface area contributed by atoms with E-state index >= 15 is 0 Å². The molecule has 0 atom stereocenters. The number of carbonyl (C=O) groups is 2. The number of amides is 2. The van der Waals surface area contributed by atoms with E-state index < -0.39 is 28.0 Å². The SMILES string of the molecule is CCOc1ccc(N(CC(=O)Nc2ccccc2C(=O)NC(C)(C)C)S(=O)(=O)c2ccc(C)cc2)cc1. The predicted molar refractivity (Wildman–Crippen MR) is 146 cm³/mol. The number of hydrogen-bond acceptors (Lipinski definition) is 5. The fourth-order valence-corrected chi connectivity index (χ4v) is 4.97. The fraction of sp³-hybridized carbons (Fsp3) is 0.286. The number of nitrogens with one attached hydrogen (secondary N) is 2. The molecule has 3 aromatic rings. The van der Waals surface area contributed by atoms with Gasteiger partial charge in [-0.3, -0.25) is 13.9 Å². The van der Waals surface area contributed by atoms with Crippen LogP contribution in [0.1, 0.15) is 43.6 Å². The van der Waals surface area contributed by atoms with Crippen LogP contribution in [0.2, 0.25) is 0 Å². The predicted octanol–water partition coefficient (Wildman–Crippen LogP) is 4.76. The molecular weight excluding hydrogens is 490 g/mol. The van der Waals surface area contributed by atoms with Gasteiger partial charge in [0.05, 0.1) is 28.4 Å². The van der Waals surface area contributed by atoms with Gasteiger partial charge in [-0.15, -0.1) is 0 Å². The first kappa shape index (κ1) is 27.7. The van der Waals surface area contributed by atoms with Crippen LogP contribution in [0, 0.1) is 6.92 Å². The second kappa shape index (κ2) is 11.5. The maximum Gasteiger partial charge on any atom is 0.264 e. The van der Waals surface area contributed by atoms with Crippen LogP contribution in [0.15, 0.2) is 77.7 Å². The lowest BCUT2D eigenvalue weighted by molar-refractivity contribution is -0.114. The molecule has 8 nitrogen and oxygen atoms in total. The molecule has 0 aliphatic carbocycles. The summed E-state index contributed by atoms with van der Waals surface area (Å²) < 4.78 is 33.8. The van der Waals surface area contributed by atoms with Crippen molar-refractivity contribution in [2.45, 2.75) is 45.1 Å². The molecular formula is C28H33N3O5S. The fourth-order valence-electron chi connectivity index (χ4n) is 3.55. The van der Waals surface area contributed by atoms with Crippen LogP contribution in [0.3, 0.4) is 0 Å². The van der Waals surface area contributed by atoms with E-state index in [0.717, 1.165) is 9.87 Å². The third-order valence-electron chi connectivity index (χ3n) is 5.27. The summed E-state index contributed by atoms with van der Waals surface area (Å²) in [6.07, 6.45) is 0. The van der Waals surface area contributed by atoms with Crippen LogP contribution < -0.4 is 19.7 Å². The van der Waals surface area contributed by atoms with Crippen molar-refractivity contribution in [3.63, 3.8) is 0 Å². The lowest BCUT2D eigenvalue weighted by Gasteiger charge is -2.25. The van der Waals surface area contributed by atoms with E-state index in [-0.39, 0.29) is 22.1 Å². The summed E-state index contributed by atoms with van der Waals surface area (Å²) in [5.74, 6) is -0.359. The Hall–Kier alpha value is -3.85. The van der Waals surface area contributed by atoms with E-state index in [2.05, 4.69) is 10.6 Å². The van der Waals surface area contributed by atoms with Gasteiger partial charge in [-0.05, 0) is 83.1 Å². The van der Waals surface area contributed by atoms with Gasteiger partial charge in [0.2, 0.25) is 5.91 Å². The van der Waals surface area contributed by atoms with E-state index in [1.54, 1.807) is 60.7 Å². The molecule has 0 unspecified atom stereocenters. The zero-order valence-corrected chi connectivity index (χ0v) is 22.6. The lowest BCUT2D eigenvalue weighted by Crippen LogP contribution is -2.41. The molecule has 0 fully saturated rings. The number of sulfonamides is 1. The highest BCUT2D eigenvalue weighted by Gasteiger charge is 2.28. The third-order valence-corrected chi connectivity index (χ3v) is 7.05. The summed E-state index contributed by atoms with van der Waals surface area (Å²) in [6.45, 7) is 9.26. The van der Waals surface area contributed by atoms with E-state index in [0.29, 0.717) is 18.0 Å². The Bertz CT molecular complexity index is 1350. The Kier molecular flexibility index (Phi) is 8.60. The van der Waals surface area contributed by atoms with E-state index in [1.807, 2.05) is 34.6 Å². The van der Waals surface area contributed by atoms with E-state index in [9.17, 15) is 18.0 Å². The van der Waals surface area contributed by atoms with Crippen molar-refractivity contribution in [3.05, 3.63) is 83.9 Å². The largest absolute Gasteiger partial charge is 0.494 e. The van der Waals surface area contributed by atoms with Gasteiger partial charge in [0, 0.05) is 5.54 Å². The molecule has 3 aromatic carbocycles. The van der Waals surface area contributed by atoms with Gasteiger partial charge < -0.3 is 15.4 Å². The molecule has 196 valence electrons. The number of ether oxygens (including phenoxy) is 1. The summed E-state index contributed by atoms with van der Waals surface area (Å²) >= 11 is 0. The molecule has 0 aliphatic rings. The first-order valence-corrected chi connectivity index (χ1v) is 13.4. The number of rotatable bonds is 9. The van der Waals surface area contributed by atoms with Crippen molar-refractivity contribution in [2.24, 2.45) is 0 Å². The minimum atomic E-state index is -4.08. The molecule has 0 radical (unpaired) electrons. The second-order valence-electron chi connectivity index (χ2n) is 9.55. The topological polar surface area (TPSA) is 105 Å². The summed E-state index contributed by atoms with van der Waals surface area (Å²) in [5.41, 5.74) is 1.31. The number of nitrogens with zero attached hydrogens (tertiary/aromatic N) is 1. The summed E-state index contributed by atoms with van der Waals surface area (Å²) in [7, 11) is -4.08. The Morgan fingerprint density at radius 2 is 1.54 bits per heavy atom. The van der Waals surface area contributed by atoms with Crippen LogP contribution in [-0.4, -0.2) is 38.9 Å². The smallest absolute Gasteiger partial charge is 0.264 e. The van der Waals surface area contributed by atoms with Gasteiger partial charge in [-0.2, -0.15) is 0 Å². The number of anilines is 2. The molecule has 0 aromatic heterocycles. The van der Waals surface area contributed by atoms with Crippen molar-refractivity contribution in [1.82, 2.24) is 5.32 Å². The zero-order valence-electron chi connectivity index (χ0n) is 21.7. The Morgan fingerprint density at radius 1 is 0.919 bits per heavy atom. The average molecular weight is 524 g/mol. The van der Waals surface area contributed by atoms with Crippen molar-refractivity contribution < 1.29 is 22.7 Å². The molecule has 0 aliphatic heterocycles. The lowest BCUT2D eigenvalue weighted by atomic mass is 10.1. The molecule has 3 rings (SSSR count). The van der Waals surface area contributed by atoms with Gasteiger partial charge >= 0.3 is 0 Å². The van der Waals surface area contributed by atoms with E-state index in [4.69, 9.17) is 4.74 Å². The molecule has 0 spiro atoms. The van der Waals surface area contributed by atoms with Crippen LogP contribution in [0.4, 0.5) is 11.4 Å². The average Bonchev–Trinajstić information content (AvgIpc) is 2.83. The number of benzene rings is 3. The third kappa shape index (κ3) is 7.33. The minimum Gasteiger partial charge on any atom is -0.494 e. The summed E-state index contributed by atoms with van der Waals surface area (Å²) in [4.78, 5) is 26.0. The molecule has 2 amide bonds. The number of para-hydroxylation sites is 1. The van der Waals surface area contributed by atoms with Gasteiger partial charge in [0.25, 0.3) is 15.9 Å². The van der Waals surface area contributed by atoms with Gasteiger partial charge in [0.1, 0.15) is 12.3 Å². The quantitative estimate of drug-likeness (QED) is 0.421. The summed E-state index contributed by atoms with van der Waals surface area (Å²) in [5, 5.41) is 5.58. The van der Waals surface area contributed by atoms with Crippen LogP contribution in [-0.2, 0) is 14.8 Å². The van der Waals surface area contributed by atoms with Crippen molar-refractivity contribution in [1.29, 1.82) is 0 Å². The summed E-state index contributed by atoms with van der Waals surface area (Å²) in [6, 6.07) is 19.5. The van der Waals surface area contributed by atoms with Crippen LogP contribution in [0.25, 0.3) is 0 Å². The maximum absolute atomic E-state index is 13.6. The normalized spacial score (nSPS) is 11.5. The highest BCUT2D eigenvalue weighted by molar-refractivity contribution is 7.92. The van der Waals surface area contributed by atoms with Gasteiger partial charge in [-0.25, -0.2) is 8.42 Å². The highest BCUT2D eigenvalue weighted by Crippen LogP contribution is 2.26. The first-order chi connectivity index (χ1) is 17.4. The highest BCUT2D eigenvalue weighted by atomic mass is 32.2. The minimum absolute atomic E-state index is 0.0599. The molecule has 37 heavy (non-hydrogen) atoms. The van der Waals surface area contributed by atoms with E-state index in [1.165, 1.54) is 12.1 Å². The molecule has 2 N–H and O–H groups in total. The number of carbonyl (C=O) groups excluding carboxylic acids is 2. The Morgan fingerprint density at radius 3 is 2.14 bits per heavy atom. The van der Waals surface area contributed by atoms with Gasteiger partial charge in [-0.1, -0.05) is 29.8 Å². The zero-order chi connectivity index (χ0) is 27.2. The monoisotopic (exact) mass is 523 g/mol. The van der Waals surface area contributed by atoms with Crippen molar-refractivity contribution in [3.8, 4) is 5.75 Å². The second-order valence-corrected chi connectivity index (χ2v) is 11.4. The van der Waals surface area contributed by atoms with Crippen molar-refractivity contribution >= 4 is 33.2 Å². The standard InChI is InChI=1S/C28H33N3O5S/c1-6-36-22-15-13-21(14-16-22)31(37(34,35)23-17-11-20(2)12-18-23)19-26(32)29-25-10-8-7-9-24(25)27(33)30-28(3,4)5/h7-18H,6,19H2,1-5H3,(H,29,32)(H,30,33). The molecule has 0 saturated carbocycles. The Balaban J connectivity index is 1.93. The van der Waals surface area contributed by atoms with Crippen LogP contribution in [0.5, 0.6) is 5.75 Å². The van der Waals surface area contributed by atoms with Crippen LogP contribution >= 0.6 is 0 Å². The Labute approximate surface area is 218 Å². The molecule has 9 heteroatoms. The van der Waals surface area contributed by atoms with Gasteiger partial charge in [0.15, 0.2) is 0 Å².